The first-order valence-electron chi connectivity index (χ1n) is 4.99. The number of nitrogens with two attached hydrogens (primary N) is 1. The van der Waals surface area contributed by atoms with Crippen molar-refractivity contribution in [1.29, 1.82) is 0 Å². The molecule has 88 valence electrons. The van der Waals surface area contributed by atoms with Crippen molar-refractivity contribution >= 4 is 5.91 Å². The van der Waals surface area contributed by atoms with Gasteiger partial charge in [0.1, 0.15) is 6.61 Å². The number of hydrogen-bond acceptors (Lipinski definition) is 4. The molecule has 5 nitrogen and oxygen atoms in total. The molecule has 0 unspecified atom stereocenters. The molecule has 1 rings (SSSR count). The Morgan fingerprint density at radius 1 is 1.38 bits per heavy atom. The van der Waals surface area contributed by atoms with Crippen molar-refractivity contribution in [3.63, 3.8) is 0 Å². The van der Waals surface area contributed by atoms with Crippen LogP contribution in [0, 0.1) is 0 Å². The summed E-state index contributed by atoms with van der Waals surface area (Å²) in [6, 6.07) is 7.39. The Labute approximate surface area is 94.5 Å². The number of primary amides is 1. The normalized spacial score (nSPS) is 9.81. The van der Waals surface area contributed by atoms with E-state index >= 15 is 0 Å². The third-order valence-corrected chi connectivity index (χ3v) is 1.90. The van der Waals surface area contributed by atoms with E-state index in [1.165, 1.54) is 0 Å². The summed E-state index contributed by atoms with van der Waals surface area (Å²) >= 11 is 0. The SMILES string of the molecule is COc1ccccc1OCCNCC(N)=O. The summed E-state index contributed by atoms with van der Waals surface area (Å²) in [5.74, 6) is 1.00. The van der Waals surface area contributed by atoms with Gasteiger partial charge >= 0.3 is 0 Å². The minimum Gasteiger partial charge on any atom is -0.493 e. The van der Waals surface area contributed by atoms with Gasteiger partial charge in [-0.15, -0.1) is 0 Å². The molecule has 0 saturated carbocycles. The fraction of sp³-hybridized carbons (Fsp3) is 0.364. The molecule has 16 heavy (non-hydrogen) atoms. The van der Waals surface area contributed by atoms with E-state index in [1.54, 1.807) is 7.11 Å². The molecular weight excluding hydrogens is 208 g/mol. The summed E-state index contributed by atoms with van der Waals surface area (Å²) in [6.45, 7) is 1.17. The first kappa shape index (κ1) is 12.3. The predicted octanol–water partition coefficient (Wildman–Crippen LogP) is 0.149. The molecule has 5 heteroatoms. The lowest BCUT2D eigenvalue weighted by atomic mass is 10.3. The van der Waals surface area contributed by atoms with Crippen molar-refractivity contribution in [2.45, 2.75) is 0 Å². The number of methoxy groups -OCH3 is 1. The average Bonchev–Trinajstić information content (AvgIpc) is 2.29. The van der Waals surface area contributed by atoms with E-state index in [0.29, 0.717) is 24.7 Å². The second-order valence-corrected chi connectivity index (χ2v) is 3.14. The van der Waals surface area contributed by atoms with Crippen LogP contribution in [-0.2, 0) is 4.79 Å². The van der Waals surface area contributed by atoms with Crippen LogP contribution in [0.25, 0.3) is 0 Å². The molecule has 0 aliphatic rings. The third kappa shape index (κ3) is 4.18. The standard InChI is InChI=1S/C11H16N2O3/c1-15-9-4-2-3-5-10(9)16-7-6-13-8-11(12)14/h2-5,13H,6-8H2,1H3,(H2,12,14). The largest absolute Gasteiger partial charge is 0.493 e. The van der Waals surface area contributed by atoms with Gasteiger partial charge in [0.15, 0.2) is 11.5 Å². The van der Waals surface area contributed by atoms with Crippen molar-refractivity contribution in [3.8, 4) is 11.5 Å². The van der Waals surface area contributed by atoms with Crippen LogP contribution in [0.3, 0.4) is 0 Å². The maximum absolute atomic E-state index is 10.4. The Balaban J connectivity index is 2.28. The predicted molar refractivity (Wildman–Crippen MR) is 60.6 cm³/mol. The number of ether oxygens (including phenoxy) is 2. The van der Waals surface area contributed by atoms with Crippen LogP contribution >= 0.6 is 0 Å². The van der Waals surface area contributed by atoms with Gasteiger partial charge in [0.2, 0.25) is 5.91 Å². The van der Waals surface area contributed by atoms with Gasteiger partial charge in [-0.1, -0.05) is 12.1 Å². The lowest BCUT2D eigenvalue weighted by Crippen LogP contribution is -2.31. The topological polar surface area (TPSA) is 73.6 Å². The van der Waals surface area contributed by atoms with Crippen LogP contribution in [0.15, 0.2) is 24.3 Å². The molecule has 3 N–H and O–H groups in total. The highest BCUT2D eigenvalue weighted by Gasteiger charge is 2.01. The van der Waals surface area contributed by atoms with Gasteiger partial charge in [-0.2, -0.15) is 0 Å². The number of para-hydroxylation sites is 2. The van der Waals surface area contributed by atoms with Crippen molar-refractivity contribution in [2.75, 3.05) is 26.8 Å². The maximum atomic E-state index is 10.4. The van der Waals surface area contributed by atoms with Crippen LogP contribution in [-0.4, -0.2) is 32.7 Å². The van der Waals surface area contributed by atoms with Crippen molar-refractivity contribution in [3.05, 3.63) is 24.3 Å². The van der Waals surface area contributed by atoms with Crippen molar-refractivity contribution < 1.29 is 14.3 Å². The Hall–Kier alpha value is -1.75. The summed E-state index contributed by atoms with van der Waals surface area (Å²) in [5.41, 5.74) is 4.97. The molecule has 0 spiro atoms. The van der Waals surface area contributed by atoms with Gasteiger partial charge in [-0.05, 0) is 12.1 Å². The molecule has 0 aliphatic heterocycles. The smallest absolute Gasteiger partial charge is 0.231 e. The highest BCUT2D eigenvalue weighted by molar-refractivity contribution is 5.75. The molecule has 0 aliphatic carbocycles. The fourth-order valence-corrected chi connectivity index (χ4v) is 1.18. The molecule has 0 radical (unpaired) electrons. The van der Waals surface area contributed by atoms with Crippen LogP contribution in [0.4, 0.5) is 0 Å². The molecule has 0 saturated heterocycles. The molecule has 1 amide bonds. The number of rotatable bonds is 7. The minimum absolute atomic E-state index is 0.162. The van der Waals surface area contributed by atoms with E-state index in [1.807, 2.05) is 24.3 Å². The first-order chi connectivity index (χ1) is 7.74. The van der Waals surface area contributed by atoms with Crippen LogP contribution < -0.4 is 20.5 Å². The zero-order chi connectivity index (χ0) is 11.8. The van der Waals surface area contributed by atoms with E-state index in [-0.39, 0.29) is 12.5 Å². The highest BCUT2D eigenvalue weighted by atomic mass is 16.5. The first-order valence-corrected chi connectivity index (χ1v) is 4.99. The van der Waals surface area contributed by atoms with E-state index in [4.69, 9.17) is 15.2 Å². The quantitative estimate of drug-likeness (QED) is 0.646. The maximum Gasteiger partial charge on any atom is 0.231 e. The van der Waals surface area contributed by atoms with Crippen molar-refractivity contribution in [2.24, 2.45) is 5.73 Å². The molecular formula is C11H16N2O3. The Bertz CT molecular complexity index is 342. The zero-order valence-electron chi connectivity index (χ0n) is 9.23. The van der Waals surface area contributed by atoms with Crippen LogP contribution in [0.2, 0.25) is 0 Å². The van der Waals surface area contributed by atoms with Gasteiger partial charge in [0, 0.05) is 6.54 Å². The molecule has 0 bridgehead atoms. The lowest BCUT2D eigenvalue weighted by Gasteiger charge is -2.10. The Morgan fingerprint density at radius 3 is 2.69 bits per heavy atom. The van der Waals surface area contributed by atoms with Crippen molar-refractivity contribution in [1.82, 2.24) is 5.32 Å². The van der Waals surface area contributed by atoms with Gasteiger partial charge in [0.05, 0.1) is 13.7 Å². The van der Waals surface area contributed by atoms with E-state index in [9.17, 15) is 4.79 Å². The highest BCUT2D eigenvalue weighted by Crippen LogP contribution is 2.25. The summed E-state index contributed by atoms with van der Waals surface area (Å²) in [5, 5.41) is 2.85. The second-order valence-electron chi connectivity index (χ2n) is 3.14. The average molecular weight is 224 g/mol. The third-order valence-electron chi connectivity index (χ3n) is 1.90. The number of benzene rings is 1. The fourth-order valence-electron chi connectivity index (χ4n) is 1.18. The number of hydrogen-bond donors (Lipinski definition) is 2. The number of carbonyl (C=O) groups is 1. The van der Waals surface area contributed by atoms with Gasteiger partial charge < -0.3 is 20.5 Å². The Morgan fingerprint density at radius 2 is 2.06 bits per heavy atom. The molecule has 1 aromatic rings. The molecule has 0 heterocycles. The van der Waals surface area contributed by atoms with Crippen LogP contribution in [0.1, 0.15) is 0 Å². The van der Waals surface area contributed by atoms with Gasteiger partial charge in [-0.25, -0.2) is 0 Å². The molecule has 0 fully saturated rings. The molecule has 0 aromatic heterocycles. The molecule has 0 atom stereocenters. The van der Waals surface area contributed by atoms with Gasteiger partial charge in [0.25, 0.3) is 0 Å². The van der Waals surface area contributed by atoms with E-state index in [2.05, 4.69) is 5.32 Å². The van der Waals surface area contributed by atoms with E-state index in [0.717, 1.165) is 0 Å². The zero-order valence-corrected chi connectivity index (χ0v) is 9.23. The Kier molecular flexibility index (Phi) is 5.15. The monoisotopic (exact) mass is 224 g/mol. The van der Waals surface area contributed by atoms with E-state index < -0.39 is 0 Å². The molecule has 1 aromatic carbocycles. The lowest BCUT2D eigenvalue weighted by molar-refractivity contribution is -0.117. The summed E-state index contributed by atoms with van der Waals surface area (Å²) in [6.07, 6.45) is 0. The number of carbonyl (C=O) groups excluding carboxylic acids is 1. The summed E-state index contributed by atoms with van der Waals surface area (Å²) in [4.78, 5) is 10.4. The minimum atomic E-state index is -0.378. The summed E-state index contributed by atoms with van der Waals surface area (Å²) in [7, 11) is 1.59. The second kappa shape index (κ2) is 6.68. The van der Waals surface area contributed by atoms with Gasteiger partial charge in [-0.3, -0.25) is 4.79 Å². The summed E-state index contributed by atoms with van der Waals surface area (Å²) < 4.78 is 10.6. The number of amides is 1. The van der Waals surface area contributed by atoms with Crippen LogP contribution in [0.5, 0.6) is 11.5 Å². The number of nitrogens with one attached hydrogen (secondary N) is 1.